The maximum Gasteiger partial charge on any atom is 0.238 e. The first-order chi connectivity index (χ1) is 11.7. The molecule has 9 heteroatoms. The largest absolute Gasteiger partial charge is 0.492 e. The number of nitrogens with two attached hydrogens (primary N) is 1. The monoisotopic (exact) mass is 384 g/mol. The van der Waals surface area contributed by atoms with E-state index < -0.39 is 20.0 Å². The lowest BCUT2D eigenvalue weighted by atomic mass is 10.2. The molecular weight excluding hydrogens is 364 g/mol. The molecule has 0 aromatic heterocycles. The van der Waals surface area contributed by atoms with Crippen LogP contribution in [0.3, 0.4) is 0 Å². The molecule has 0 aliphatic carbocycles. The number of aryl methyl sites for hydroxylation is 1. The number of sulfonamides is 2. The Bertz CT molecular complexity index is 906. The summed E-state index contributed by atoms with van der Waals surface area (Å²) < 4.78 is 54.2. The van der Waals surface area contributed by atoms with Gasteiger partial charge in [-0.15, -0.1) is 0 Å². The summed E-state index contributed by atoms with van der Waals surface area (Å²) in [6.07, 6.45) is 0.919. The van der Waals surface area contributed by atoms with Crippen LogP contribution >= 0.6 is 0 Å². The molecule has 25 heavy (non-hydrogen) atoms. The van der Waals surface area contributed by atoms with Gasteiger partial charge in [0.15, 0.2) is 0 Å². The van der Waals surface area contributed by atoms with Crippen LogP contribution in [0.2, 0.25) is 0 Å². The highest BCUT2D eigenvalue weighted by atomic mass is 32.2. The van der Waals surface area contributed by atoms with Gasteiger partial charge in [-0.25, -0.2) is 22.0 Å². The van der Waals surface area contributed by atoms with Crippen molar-refractivity contribution in [3.8, 4) is 5.75 Å². The third-order valence-corrected chi connectivity index (χ3v) is 5.59. The summed E-state index contributed by atoms with van der Waals surface area (Å²) in [7, 11) is -7.43. The van der Waals surface area contributed by atoms with E-state index in [9.17, 15) is 16.8 Å². The van der Waals surface area contributed by atoms with Gasteiger partial charge >= 0.3 is 0 Å². The molecule has 2 rings (SSSR count). The normalized spacial score (nSPS) is 11.9. The Morgan fingerprint density at radius 2 is 1.56 bits per heavy atom. The summed E-state index contributed by atoms with van der Waals surface area (Å²) in [6, 6.07) is 12.6. The van der Waals surface area contributed by atoms with Gasteiger partial charge in [0.2, 0.25) is 20.0 Å². The van der Waals surface area contributed by atoms with Crippen LogP contribution in [0.15, 0.2) is 53.4 Å². The van der Waals surface area contributed by atoms with Crippen molar-refractivity contribution in [2.24, 2.45) is 5.14 Å². The van der Waals surface area contributed by atoms with E-state index in [4.69, 9.17) is 9.88 Å². The first-order valence-corrected chi connectivity index (χ1v) is 10.7. The number of anilines is 1. The molecular formula is C16H20N2O5S2. The van der Waals surface area contributed by atoms with Crippen molar-refractivity contribution in [2.45, 2.75) is 18.2 Å². The number of hydrogen-bond acceptors (Lipinski definition) is 5. The van der Waals surface area contributed by atoms with Crippen LogP contribution in [0.25, 0.3) is 0 Å². The smallest absolute Gasteiger partial charge is 0.238 e. The van der Waals surface area contributed by atoms with Gasteiger partial charge in [-0.3, -0.25) is 4.72 Å². The Morgan fingerprint density at radius 1 is 0.960 bits per heavy atom. The van der Waals surface area contributed by atoms with Crippen LogP contribution < -0.4 is 14.6 Å². The minimum Gasteiger partial charge on any atom is -0.492 e. The number of primary sulfonamides is 1. The second kappa shape index (κ2) is 7.85. The van der Waals surface area contributed by atoms with Crippen molar-refractivity contribution in [2.75, 3.05) is 17.1 Å². The number of benzene rings is 2. The van der Waals surface area contributed by atoms with Gasteiger partial charge in [-0.2, -0.15) is 0 Å². The van der Waals surface area contributed by atoms with Crippen molar-refractivity contribution in [1.82, 2.24) is 0 Å². The fraction of sp³-hybridized carbons (Fsp3) is 0.250. The van der Waals surface area contributed by atoms with E-state index in [-0.39, 0.29) is 22.9 Å². The molecule has 2 aromatic rings. The quantitative estimate of drug-likeness (QED) is 0.719. The first kappa shape index (κ1) is 19.2. The van der Waals surface area contributed by atoms with Crippen LogP contribution in [-0.2, 0) is 26.5 Å². The molecule has 7 nitrogen and oxygen atoms in total. The highest BCUT2D eigenvalue weighted by Gasteiger charge is 2.12. The lowest BCUT2D eigenvalue weighted by molar-refractivity contribution is 0.341. The summed E-state index contributed by atoms with van der Waals surface area (Å²) in [4.78, 5) is -0.0886. The minimum atomic E-state index is -3.81. The zero-order valence-corrected chi connectivity index (χ0v) is 15.3. The third-order valence-electron chi connectivity index (χ3n) is 3.41. The molecule has 0 fully saturated rings. The molecule has 3 N–H and O–H groups in total. The van der Waals surface area contributed by atoms with E-state index >= 15 is 0 Å². The Kier molecular flexibility index (Phi) is 6.04. The maximum absolute atomic E-state index is 12.0. The average Bonchev–Trinajstić information content (AvgIpc) is 2.54. The van der Waals surface area contributed by atoms with Gasteiger partial charge in [-0.1, -0.05) is 19.1 Å². The summed E-state index contributed by atoms with van der Waals surface area (Å²) in [5.74, 6) is 0.365. The molecule has 0 aliphatic heterocycles. The summed E-state index contributed by atoms with van der Waals surface area (Å²) in [5, 5.41) is 4.99. The maximum atomic E-state index is 12.0. The number of nitrogens with one attached hydrogen (secondary N) is 1. The Labute approximate surface area is 147 Å². The molecule has 136 valence electrons. The van der Waals surface area contributed by atoms with E-state index in [0.29, 0.717) is 5.75 Å². The molecule has 0 atom stereocenters. The Hall–Kier alpha value is -2.10. The summed E-state index contributed by atoms with van der Waals surface area (Å²) in [5.41, 5.74) is 1.42. The predicted molar refractivity (Wildman–Crippen MR) is 96.5 cm³/mol. The predicted octanol–water partition coefficient (Wildman–Crippen LogP) is 1.72. The fourth-order valence-electron chi connectivity index (χ4n) is 2.03. The lowest BCUT2D eigenvalue weighted by Crippen LogP contribution is -2.21. The number of rotatable bonds is 8. The topological polar surface area (TPSA) is 116 Å². The lowest BCUT2D eigenvalue weighted by Gasteiger charge is -2.10. The molecule has 0 unspecified atom stereocenters. The second-order valence-corrected chi connectivity index (χ2v) is 8.74. The van der Waals surface area contributed by atoms with Crippen molar-refractivity contribution in [3.63, 3.8) is 0 Å². The van der Waals surface area contributed by atoms with Crippen molar-refractivity contribution < 1.29 is 21.6 Å². The standard InChI is InChI=1S/C16H20N2O5S2/c1-2-13-3-7-15(8-4-13)23-11-12-24(19,20)18-14-5-9-16(10-6-14)25(17,21)22/h3-10,18H,2,11-12H2,1H3,(H2,17,21,22). The molecule has 0 heterocycles. The zero-order valence-electron chi connectivity index (χ0n) is 13.7. The molecule has 0 amide bonds. The molecule has 2 aromatic carbocycles. The van der Waals surface area contributed by atoms with Gasteiger partial charge in [0, 0.05) is 5.69 Å². The van der Waals surface area contributed by atoms with Crippen LogP contribution in [0, 0.1) is 0 Å². The second-order valence-electron chi connectivity index (χ2n) is 5.34. The van der Waals surface area contributed by atoms with E-state index in [0.717, 1.165) is 6.42 Å². The Balaban J connectivity index is 1.90. The van der Waals surface area contributed by atoms with E-state index in [1.54, 1.807) is 12.1 Å². The molecule has 0 saturated carbocycles. The summed E-state index contributed by atoms with van der Waals surface area (Å²) >= 11 is 0. The van der Waals surface area contributed by atoms with Crippen molar-refractivity contribution in [3.05, 3.63) is 54.1 Å². The molecule has 0 aliphatic rings. The van der Waals surface area contributed by atoms with Gasteiger partial charge in [0.05, 0.1) is 4.90 Å². The van der Waals surface area contributed by atoms with Crippen LogP contribution in [0.4, 0.5) is 5.69 Å². The minimum absolute atomic E-state index is 0.00390. The van der Waals surface area contributed by atoms with Gasteiger partial charge in [0.25, 0.3) is 0 Å². The molecule has 0 saturated heterocycles. The van der Waals surface area contributed by atoms with Gasteiger partial charge in [-0.05, 0) is 48.4 Å². The van der Waals surface area contributed by atoms with Crippen LogP contribution in [0.1, 0.15) is 12.5 Å². The molecule has 0 bridgehead atoms. The molecule has 0 spiro atoms. The third kappa shape index (κ3) is 6.04. The fourth-order valence-corrected chi connectivity index (χ4v) is 3.45. The summed E-state index contributed by atoms with van der Waals surface area (Å²) in [6.45, 7) is 2.04. The Morgan fingerprint density at radius 3 is 2.08 bits per heavy atom. The molecule has 0 radical (unpaired) electrons. The van der Waals surface area contributed by atoms with E-state index in [1.807, 2.05) is 19.1 Å². The first-order valence-electron chi connectivity index (χ1n) is 7.55. The number of hydrogen-bond donors (Lipinski definition) is 2. The van der Waals surface area contributed by atoms with Crippen molar-refractivity contribution >= 4 is 25.7 Å². The van der Waals surface area contributed by atoms with Crippen LogP contribution in [0.5, 0.6) is 5.75 Å². The highest BCUT2D eigenvalue weighted by Crippen LogP contribution is 2.15. The van der Waals surface area contributed by atoms with E-state index in [2.05, 4.69) is 4.72 Å². The SMILES string of the molecule is CCc1ccc(OCCS(=O)(=O)Nc2ccc(S(N)(=O)=O)cc2)cc1. The highest BCUT2D eigenvalue weighted by molar-refractivity contribution is 7.92. The van der Waals surface area contributed by atoms with Gasteiger partial charge < -0.3 is 4.74 Å². The van der Waals surface area contributed by atoms with Crippen molar-refractivity contribution in [1.29, 1.82) is 0 Å². The van der Waals surface area contributed by atoms with E-state index in [1.165, 1.54) is 29.8 Å². The van der Waals surface area contributed by atoms with Crippen LogP contribution in [-0.4, -0.2) is 29.2 Å². The average molecular weight is 384 g/mol. The van der Waals surface area contributed by atoms with Gasteiger partial charge in [0.1, 0.15) is 18.1 Å². The zero-order chi connectivity index (χ0) is 18.5. The number of ether oxygens (including phenoxy) is 1.